The second-order valence-corrected chi connectivity index (χ2v) is 10.8. The zero-order valence-corrected chi connectivity index (χ0v) is 25.5. The van der Waals surface area contributed by atoms with Gasteiger partial charge in [-0.25, -0.2) is 0 Å². The summed E-state index contributed by atoms with van der Waals surface area (Å²) in [6.45, 7) is 5.39. The Kier molecular flexibility index (Phi) is 11.3. The summed E-state index contributed by atoms with van der Waals surface area (Å²) >= 11 is 0. The number of anilines is 1. The zero-order chi connectivity index (χ0) is 32.3. The molecule has 2 aromatic carbocycles. The summed E-state index contributed by atoms with van der Waals surface area (Å²) in [6.07, 6.45) is 0.365. The molecule has 14 nitrogen and oxygen atoms in total. The number of benzene rings is 2. The van der Waals surface area contributed by atoms with Gasteiger partial charge in [-0.2, -0.15) is 5.21 Å². The molecule has 4 rings (SSSR count). The number of hydrogen-bond donors (Lipinski definition) is 4. The number of H-pyrrole nitrogens is 1. The number of nitrogens with one attached hydrogen (secondary N) is 4. The molecule has 45 heavy (non-hydrogen) atoms. The first-order chi connectivity index (χ1) is 21.7. The van der Waals surface area contributed by atoms with Crippen molar-refractivity contribution in [3.8, 4) is 0 Å². The van der Waals surface area contributed by atoms with Crippen molar-refractivity contribution in [2.45, 2.75) is 71.1 Å². The summed E-state index contributed by atoms with van der Waals surface area (Å²) in [5, 5.41) is 21.7. The second kappa shape index (κ2) is 15.5. The van der Waals surface area contributed by atoms with Gasteiger partial charge in [0.1, 0.15) is 18.1 Å². The standard InChI is InChI=1S/C31H38N8O6/c1-4-19(3)28(34-26(40)15-20-11-7-6-8-12-20)30(43)33-22(17-27(41)45-5-2)31(44)39-23-14-10-9-13-21(23)16-24(39)29(42)32-18-25-35-37-38-36-25/h6-14,19,22,24,28H,4-5,15-18H2,1-3H3,(H,32,42)(H,33,43)(H,34,40)(H,35,36,37,38)/t19-,22+,24-,28-/m0/s1. The summed E-state index contributed by atoms with van der Waals surface area (Å²) in [5.41, 5.74) is 2.02. The Hall–Kier alpha value is -5.14. The summed E-state index contributed by atoms with van der Waals surface area (Å²) in [5.74, 6) is -2.86. The van der Waals surface area contributed by atoms with Crippen molar-refractivity contribution in [3.63, 3.8) is 0 Å². The number of carbonyl (C=O) groups excluding carboxylic acids is 5. The molecule has 4 N–H and O–H groups in total. The molecule has 1 aliphatic heterocycles. The third kappa shape index (κ3) is 8.49. The molecule has 1 aromatic heterocycles. The monoisotopic (exact) mass is 618 g/mol. The third-order valence-electron chi connectivity index (χ3n) is 7.64. The maximum Gasteiger partial charge on any atom is 0.308 e. The van der Waals surface area contributed by atoms with E-state index < -0.39 is 48.2 Å². The Labute approximate surface area is 260 Å². The molecule has 1 aliphatic rings. The van der Waals surface area contributed by atoms with Gasteiger partial charge in [0.25, 0.3) is 5.91 Å². The van der Waals surface area contributed by atoms with Crippen LogP contribution < -0.4 is 20.9 Å². The fraction of sp³-hybridized carbons (Fsp3) is 0.419. The first kappa shape index (κ1) is 32.8. The Morgan fingerprint density at radius 2 is 1.76 bits per heavy atom. The van der Waals surface area contributed by atoms with E-state index in [1.165, 1.54) is 4.90 Å². The quantitative estimate of drug-likeness (QED) is 0.191. The molecular formula is C31H38N8O6. The van der Waals surface area contributed by atoms with Crippen molar-refractivity contribution in [1.29, 1.82) is 0 Å². The number of tetrazole rings is 1. The summed E-state index contributed by atoms with van der Waals surface area (Å²) in [7, 11) is 0. The first-order valence-electron chi connectivity index (χ1n) is 14.9. The smallest absolute Gasteiger partial charge is 0.308 e. The van der Waals surface area contributed by atoms with Crippen LogP contribution in [0.25, 0.3) is 0 Å². The van der Waals surface area contributed by atoms with Gasteiger partial charge in [-0.1, -0.05) is 74.0 Å². The van der Waals surface area contributed by atoms with Gasteiger partial charge in [-0.05, 0) is 30.0 Å². The van der Waals surface area contributed by atoms with Crippen LogP contribution in [-0.2, 0) is 48.1 Å². The van der Waals surface area contributed by atoms with Crippen LogP contribution in [-0.4, -0.2) is 75.0 Å². The number of nitrogens with zero attached hydrogens (tertiary/aromatic N) is 4. The normalized spacial score (nSPS) is 15.7. The number of ether oxygens (including phenoxy) is 1. The van der Waals surface area contributed by atoms with E-state index in [2.05, 4.69) is 36.6 Å². The lowest BCUT2D eigenvalue weighted by molar-refractivity contribution is -0.145. The Bertz CT molecular complexity index is 1480. The highest BCUT2D eigenvalue weighted by Crippen LogP contribution is 2.33. The van der Waals surface area contributed by atoms with Crippen molar-refractivity contribution < 1.29 is 28.7 Å². The predicted molar refractivity (Wildman–Crippen MR) is 162 cm³/mol. The molecule has 0 saturated heterocycles. The van der Waals surface area contributed by atoms with E-state index in [9.17, 15) is 24.0 Å². The van der Waals surface area contributed by atoms with Gasteiger partial charge in [-0.15, -0.1) is 10.2 Å². The van der Waals surface area contributed by atoms with E-state index in [4.69, 9.17) is 4.74 Å². The molecule has 3 aromatic rings. The molecule has 2 heterocycles. The maximum absolute atomic E-state index is 14.3. The Balaban J connectivity index is 1.57. The average Bonchev–Trinajstić information content (AvgIpc) is 3.70. The Morgan fingerprint density at radius 1 is 1.02 bits per heavy atom. The van der Waals surface area contributed by atoms with Crippen molar-refractivity contribution in [2.75, 3.05) is 11.5 Å². The zero-order valence-electron chi connectivity index (χ0n) is 25.5. The minimum absolute atomic E-state index is 0.0214. The molecule has 0 unspecified atom stereocenters. The predicted octanol–water partition coefficient (Wildman–Crippen LogP) is 0.985. The number of esters is 1. The van der Waals surface area contributed by atoms with Crippen LogP contribution in [0.3, 0.4) is 0 Å². The minimum atomic E-state index is -1.38. The minimum Gasteiger partial charge on any atom is -0.466 e. The fourth-order valence-electron chi connectivity index (χ4n) is 5.13. The van der Waals surface area contributed by atoms with Crippen molar-refractivity contribution >= 4 is 35.3 Å². The van der Waals surface area contributed by atoms with Gasteiger partial charge in [0.05, 0.1) is 26.0 Å². The number of carbonyl (C=O) groups is 5. The molecule has 4 amide bonds. The number of rotatable bonds is 14. The van der Waals surface area contributed by atoms with Gasteiger partial charge in [0.15, 0.2) is 5.82 Å². The molecule has 0 spiro atoms. The van der Waals surface area contributed by atoms with Crippen LogP contribution in [0.2, 0.25) is 0 Å². The van der Waals surface area contributed by atoms with E-state index >= 15 is 0 Å². The van der Waals surface area contributed by atoms with E-state index in [0.717, 1.165) is 11.1 Å². The molecule has 4 atom stereocenters. The van der Waals surface area contributed by atoms with Crippen LogP contribution in [0.15, 0.2) is 54.6 Å². The van der Waals surface area contributed by atoms with E-state index in [1.54, 1.807) is 25.1 Å². The van der Waals surface area contributed by atoms with Gasteiger partial charge in [0.2, 0.25) is 17.7 Å². The van der Waals surface area contributed by atoms with E-state index in [0.29, 0.717) is 12.1 Å². The van der Waals surface area contributed by atoms with Gasteiger partial charge < -0.3 is 20.7 Å². The van der Waals surface area contributed by atoms with E-state index in [-0.39, 0.29) is 43.6 Å². The second-order valence-electron chi connectivity index (χ2n) is 10.8. The summed E-state index contributed by atoms with van der Waals surface area (Å²) in [6, 6.07) is 12.8. The van der Waals surface area contributed by atoms with Crippen LogP contribution in [0, 0.1) is 5.92 Å². The molecule has 0 radical (unpaired) electrons. The number of para-hydroxylation sites is 1. The van der Waals surface area contributed by atoms with Crippen LogP contribution in [0.4, 0.5) is 5.69 Å². The lowest BCUT2D eigenvalue weighted by atomic mass is 9.97. The number of amides is 4. The SMILES string of the molecule is CCOC(=O)C[C@@H](NC(=O)[C@@H](NC(=O)Cc1ccccc1)[C@@H](C)CC)C(=O)N1c2ccccc2C[C@H]1C(=O)NCc1nn[nH]n1. The molecule has 0 saturated carbocycles. The van der Waals surface area contributed by atoms with Crippen molar-refractivity contribution in [1.82, 2.24) is 36.6 Å². The summed E-state index contributed by atoms with van der Waals surface area (Å²) < 4.78 is 5.12. The van der Waals surface area contributed by atoms with Crippen molar-refractivity contribution in [3.05, 3.63) is 71.5 Å². The maximum atomic E-state index is 14.3. The van der Waals surface area contributed by atoms with Gasteiger partial charge in [-0.3, -0.25) is 28.9 Å². The molecule has 0 fully saturated rings. The Morgan fingerprint density at radius 3 is 2.44 bits per heavy atom. The molecule has 0 bridgehead atoms. The lowest BCUT2D eigenvalue weighted by Crippen LogP contribution is -2.59. The molecule has 0 aliphatic carbocycles. The third-order valence-corrected chi connectivity index (χ3v) is 7.64. The average molecular weight is 619 g/mol. The number of aromatic amines is 1. The van der Waals surface area contributed by atoms with Gasteiger partial charge in [0, 0.05) is 12.1 Å². The molecule has 238 valence electrons. The van der Waals surface area contributed by atoms with Gasteiger partial charge >= 0.3 is 5.97 Å². The van der Waals surface area contributed by atoms with E-state index in [1.807, 2.05) is 50.2 Å². The molecule has 14 heteroatoms. The highest BCUT2D eigenvalue weighted by Gasteiger charge is 2.42. The number of fused-ring (bicyclic) bond motifs is 1. The number of hydrogen-bond acceptors (Lipinski definition) is 9. The largest absolute Gasteiger partial charge is 0.466 e. The number of aromatic nitrogens is 4. The summed E-state index contributed by atoms with van der Waals surface area (Å²) in [4.78, 5) is 68.3. The molecular weight excluding hydrogens is 580 g/mol. The highest BCUT2D eigenvalue weighted by molar-refractivity contribution is 6.08. The van der Waals surface area contributed by atoms with Crippen molar-refractivity contribution in [2.24, 2.45) is 5.92 Å². The van der Waals surface area contributed by atoms with Crippen LogP contribution in [0.5, 0.6) is 0 Å². The first-order valence-corrected chi connectivity index (χ1v) is 14.9. The fourth-order valence-corrected chi connectivity index (χ4v) is 5.13. The van der Waals surface area contributed by atoms with Crippen LogP contribution in [0.1, 0.15) is 50.6 Å². The topological polar surface area (TPSA) is 188 Å². The lowest BCUT2D eigenvalue weighted by Gasteiger charge is -2.31. The van der Waals surface area contributed by atoms with Crippen LogP contribution >= 0.6 is 0 Å². The highest BCUT2D eigenvalue weighted by atomic mass is 16.5.